The highest BCUT2D eigenvalue weighted by Crippen LogP contribution is 2.52. The zero-order valence-electron chi connectivity index (χ0n) is 12.2. The summed E-state index contributed by atoms with van der Waals surface area (Å²) in [5.74, 6) is 0. The number of hydrogen-bond acceptors (Lipinski definition) is 0. The predicted octanol–water partition coefficient (Wildman–Crippen LogP) is 5.60. The molecule has 20 heavy (non-hydrogen) atoms. The van der Waals surface area contributed by atoms with Gasteiger partial charge in [0.25, 0.3) is 0 Å². The predicted molar refractivity (Wildman–Crippen MR) is 88.8 cm³/mol. The van der Waals surface area contributed by atoms with Crippen molar-refractivity contribution >= 4 is 8.07 Å². The van der Waals surface area contributed by atoms with E-state index in [1.165, 1.54) is 42.5 Å². The van der Waals surface area contributed by atoms with Gasteiger partial charge in [-0.25, -0.2) is 0 Å². The minimum Gasteiger partial charge on any atom is -0.0684 e. The maximum Gasteiger partial charge on any atom is 0.0635 e. The molecule has 0 nitrogen and oxygen atoms in total. The lowest BCUT2D eigenvalue weighted by Crippen LogP contribution is -2.39. The van der Waals surface area contributed by atoms with Crippen LogP contribution in [0.15, 0.2) is 48.5 Å². The second-order valence-corrected chi connectivity index (χ2v) is 11.7. The lowest BCUT2D eigenvalue weighted by atomic mass is 10.1. The molecule has 0 aromatic heterocycles. The molecule has 0 spiro atoms. The van der Waals surface area contributed by atoms with Gasteiger partial charge in [-0.15, -0.1) is 0 Å². The van der Waals surface area contributed by atoms with Gasteiger partial charge < -0.3 is 0 Å². The van der Waals surface area contributed by atoms with Gasteiger partial charge in [0, 0.05) is 5.54 Å². The van der Waals surface area contributed by atoms with Gasteiger partial charge in [0.2, 0.25) is 0 Å². The fourth-order valence-corrected chi connectivity index (χ4v) is 9.50. The number of fused-ring (bicyclic) bond motifs is 3. The average molecular weight is 278 g/mol. The zero-order chi connectivity index (χ0) is 13.6. The summed E-state index contributed by atoms with van der Waals surface area (Å²) < 4.78 is 0. The molecule has 1 aliphatic heterocycles. The molecule has 1 aliphatic carbocycles. The second-order valence-electron chi connectivity index (χ2n) is 6.82. The molecule has 1 heteroatoms. The van der Waals surface area contributed by atoms with Crippen molar-refractivity contribution < 1.29 is 0 Å². The van der Waals surface area contributed by atoms with Crippen molar-refractivity contribution in [2.24, 2.45) is 0 Å². The molecule has 0 amide bonds. The van der Waals surface area contributed by atoms with Crippen molar-refractivity contribution in [1.82, 2.24) is 0 Å². The lowest BCUT2D eigenvalue weighted by Gasteiger charge is -2.38. The molecule has 0 radical (unpaired) electrons. The third-order valence-electron chi connectivity index (χ3n) is 5.53. The van der Waals surface area contributed by atoms with Crippen LogP contribution in [0.3, 0.4) is 0 Å². The van der Waals surface area contributed by atoms with E-state index in [2.05, 4.69) is 55.1 Å². The molecule has 2 aliphatic rings. The smallest absolute Gasteiger partial charge is 0.0635 e. The van der Waals surface area contributed by atoms with Gasteiger partial charge in [0.15, 0.2) is 0 Å². The SMILES string of the molecule is C[Si]1(C2c3ccccc3-c3ccccc32)CCCCC1. The first-order valence-electron chi connectivity index (χ1n) is 7.98. The Morgan fingerprint density at radius 3 is 1.80 bits per heavy atom. The topological polar surface area (TPSA) is 0 Å². The number of benzene rings is 2. The minimum atomic E-state index is -1.21. The average Bonchev–Trinajstić information content (AvgIpc) is 2.83. The Bertz CT molecular complexity index is 592. The first kappa shape index (κ1) is 12.4. The van der Waals surface area contributed by atoms with Crippen molar-refractivity contribution in [2.75, 3.05) is 0 Å². The van der Waals surface area contributed by atoms with Crippen molar-refractivity contribution in [3.8, 4) is 11.1 Å². The zero-order valence-corrected chi connectivity index (χ0v) is 13.2. The van der Waals surface area contributed by atoms with Crippen LogP contribution in [-0.4, -0.2) is 8.07 Å². The molecule has 0 unspecified atom stereocenters. The minimum absolute atomic E-state index is 0.746. The van der Waals surface area contributed by atoms with Gasteiger partial charge in [-0.3, -0.25) is 0 Å². The molecule has 2 aromatic carbocycles. The summed E-state index contributed by atoms with van der Waals surface area (Å²) in [6.45, 7) is 2.66. The van der Waals surface area contributed by atoms with Crippen LogP contribution >= 0.6 is 0 Å². The quantitative estimate of drug-likeness (QED) is 0.596. The first-order valence-corrected chi connectivity index (χ1v) is 11.0. The van der Waals surface area contributed by atoms with Crippen LogP contribution in [0.4, 0.5) is 0 Å². The van der Waals surface area contributed by atoms with Crippen LogP contribution in [0, 0.1) is 0 Å². The Labute approximate surface area is 122 Å². The molecule has 102 valence electrons. The molecule has 4 rings (SSSR count). The van der Waals surface area contributed by atoms with E-state index < -0.39 is 8.07 Å². The Hall–Kier alpha value is -1.34. The first-order chi connectivity index (χ1) is 9.80. The van der Waals surface area contributed by atoms with Gasteiger partial charge in [0.1, 0.15) is 0 Å². The highest BCUT2D eigenvalue weighted by atomic mass is 28.3. The Kier molecular flexibility index (Phi) is 2.85. The Morgan fingerprint density at radius 2 is 1.25 bits per heavy atom. The fraction of sp³-hybridized carbons (Fsp3) is 0.368. The molecule has 1 saturated heterocycles. The number of hydrogen-bond donors (Lipinski definition) is 0. The highest BCUT2D eigenvalue weighted by Gasteiger charge is 2.43. The van der Waals surface area contributed by atoms with Crippen molar-refractivity contribution in [2.45, 2.75) is 43.4 Å². The van der Waals surface area contributed by atoms with Gasteiger partial charge in [-0.1, -0.05) is 86.4 Å². The highest BCUT2D eigenvalue weighted by molar-refractivity contribution is 6.81. The summed E-state index contributed by atoms with van der Waals surface area (Å²) in [7, 11) is -1.21. The molecule has 1 fully saturated rings. The van der Waals surface area contributed by atoms with E-state index in [1.54, 1.807) is 11.1 Å². The van der Waals surface area contributed by atoms with Crippen LogP contribution in [0.25, 0.3) is 11.1 Å². The summed E-state index contributed by atoms with van der Waals surface area (Å²) >= 11 is 0. The van der Waals surface area contributed by atoms with E-state index in [0.717, 1.165) is 5.54 Å². The van der Waals surface area contributed by atoms with E-state index in [1.807, 2.05) is 0 Å². The summed E-state index contributed by atoms with van der Waals surface area (Å²) in [4.78, 5) is 0. The molecular formula is C19H22Si. The van der Waals surface area contributed by atoms with Crippen LogP contribution in [0.2, 0.25) is 18.6 Å². The maximum absolute atomic E-state index is 2.66. The van der Waals surface area contributed by atoms with Crippen LogP contribution < -0.4 is 0 Å². The van der Waals surface area contributed by atoms with Gasteiger partial charge in [0.05, 0.1) is 8.07 Å². The molecule has 0 saturated carbocycles. The molecule has 2 aromatic rings. The fourth-order valence-electron chi connectivity index (χ4n) is 4.55. The third-order valence-corrected chi connectivity index (χ3v) is 10.5. The van der Waals surface area contributed by atoms with Gasteiger partial charge in [-0.2, -0.15) is 0 Å². The van der Waals surface area contributed by atoms with E-state index in [0.29, 0.717) is 0 Å². The molecular weight excluding hydrogens is 256 g/mol. The lowest BCUT2D eigenvalue weighted by molar-refractivity contribution is 0.700. The van der Waals surface area contributed by atoms with Gasteiger partial charge in [-0.05, 0) is 22.3 Å². The van der Waals surface area contributed by atoms with Crippen LogP contribution in [-0.2, 0) is 0 Å². The van der Waals surface area contributed by atoms with Crippen LogP contribution in [0.1, 0.15) is 35.9 Å². The normalized spacial score (nSPS) is 20.4. The Balaban J connectivity index is 1.91. The standard InChI is InChI=1S/C19H22Si/c1-20(13-7-2-8-14-20)19-17-11-5-3-9-15(17)16-10-4-6-12-18(16)19/h3-6,9-12,19H,2,7-8,13-14H2,1H3. The summed E-state index contributed by atoms with van der Waals surface area (Å²) in [5.41, 5.74) is 7.02. The monoisotopic (exact) mass is 278 g/mol. The van der Waals surface area contributed by atoms with E-state index in [4.69, 9.17) is 0 Å². The largest absolute Gasteiger partial charge is 0.0684 e. The van der Waals surface area contributed by atoms with Crippen molar-refractivity contribution in [3.63, 3.8) is 0 Å². The van der Waals surface area contributed by atoms with Crippen LogP contribution in [0.5, 0.6) is 0 Å². The van der Waals surface area contributed by atoms with Crippen molar-refractivity contribution in [1.29, 1.82) is 0 Å². The van der Waals surface area contributed by atoms with E-state index in [9.17, 15) is 0 Å². The number of rotatable bonds is 1. The maximum atomic E-state index is 2.66. The summed E-state index contributed by atoms with van der Waals surface area (Å²) in [5, 5.41) is 0. The summed E-state index contributed by atoms with van der Waals surface area (Å²) in [6, 6.07) is 21.3. The molecule has 0 bridgehead atoms. The Morgan fingerprint density at radius 1 is 0.750 bits per heavy atom. The third kappa shape index (κ3) is 1.72. The van der Waals surface area contributed by atoms with E-state index in [-0.39, 0.29) is 0 Å². The van der Waals surface area contributed by atoms with Crippen molar-refractivity contribution in [3.05, 3.63) is 59.7 Å². The van der Waals surface area contributed by atoms with E-state index >= 15 is 0 Å². The molecule has 1 heterocycles. The second kappa shape index (κ2) is 4.59. The van der Waals surface area contributed by atoms with Gasteiger partial charge >= 0.3 is 0 Å². The molecule has 0 atom stereocenters. The summed E-state index contributed by atoms with van der Waals surface area (Å²) in [6.07, 6.45) is 4.38. The molecule has 0 N–H and O–H groups in total.